The van der Waals surface area contributed by atoms with Crippen molar-refractivity contribution in [1.82, 2.24) is 4.90 Å². The van der Waals surface area contributed by atoms with E-state index in [9.17, 15) is 4.79 Å². The van der Waals surface area contributed by atoms with Gasteiger partial charge in [0.2, 0.25) is 0 Å². The summed E-state index contributed by atoms with van der Waals surface area (Å²) in [6.07, 6.45) is 0.675. The maximum Gasteiger partial charge on any atom is 0.324 e. The van der Waals surface area contributed by atoms with E-state index in [1.54, 1.807) is 20.2 Å². The van der Waals surface area contributed by atoms with Gasteiger partial charge in [-0.1, -0.05) is 6.07 Å². The molecule has 0 fully saturated rings. The number of benzene rings is 1. The molecule has 96 valence electrons. The van der Waals surface area contributed by atoms with Crippen molar-refractivity contribution in [3.63, 3.8) is 0 Å². The summed E-state index contributed by atoms with van der Waals surface area (Å²) in [7, 11) is 3.26. The van der Waals surface area contributed by atoms with Gasteiger partial charge in [0, 0.05) is 13.6 Å². The van der Waals surface area contributed by atoms with Crippen LogP contribution in [-0.4, -0.2) is 31.5 Å². The molecule has 0 atom stereocenters. The molecule has 18 heavy (non-hydrogen) atoms. The molecule has 0 heterocycles. The standard InChI is InChI=1S/C14H18N2O2/c1-10-7-12(13(18-4)8-11(10)2)5-6-16(3)14(17)9-15/h7-8H,5-6H2,1-4H3. The largest absolute Gasteiger partial charge is 0.496 e. The van der Waals surface area contributed by atoms with Gasteiger partial charge in [0.05, 0.1) is 7.11 Å². The quantitative estimate of drug-likeness (QED) is 0.762. The molecule has 1 amide bonds. The Labute approximate surface area is 108 Å². The van der Waals surface area contributed by atoms with Crippen molar-refractivity contribution < 1.29 is 9.53 Å². The van der Waals surface area contributed by atoms with Crippen molar-refractivity contribution in [3.8, 4) is 11.8 Å². The number of rotatable bonds is 4. The Morgan fingerprint density at radius 2 is 2.00 bits per heavy atom. The molecule has 0 aliphatic heterocycles. The topological polar surface area (TPSA) is 53.3 Å². The van der Waals surface area contributed by atoms with Crippen molar-refractivity contribution in [3.05, 3.63) is 28.8 Å². The van der Waals surface area contributed by atoms with Crippen molar-refractivity contribution in [1.29, 1.82) is 5.26 Å². The smallest absolute Gasteiger partial charge is 0.324 e. The minimum Gasteiger partial charge on any atom is -0.496 e. The summed E-state index contributed by atoms with van der Waals surface area (Å²) >= 11 is 0. The molecule has 4 nitrogen and oxygen atoms in total. The molecule has 0 N–H and O–H groups in total. The first-order valence-corrected chi connectivity index (χ1v) is 5.79. The number of aryl methyl sites for hydroxylation is 2. The average Bonchev–Trinajstić information content (AvgIpc) is 2.38. The first-order chi connectivity index (χ1) is 8.49. The van der Waals surface area contributed by atoms with Crippen LogP contribution < -0.4 is 4.74 Å². The van der Waals surface area contributed by atoms with E-state index in [0.29, 0.717) is 13.0 Å². The molecule has 0 aliphatic rings. The van der Waals surface area contributed by atoms with Crippen LogP contribution in [0.2, 0.25) is 0 Å². The highest BCUT2D eigenvalue weighted by Crippen LogP contribution is 2.23. The van der Waals surface area contributed by atoms with Gasteiger partial charge in [-0.25, -0.2) is 0 Å². The number of nitrogens with zero attached hydrogens (tertiary/aromatic N) is 2. The summed E-state index contributed by atoms with van der Waals surface area (Å²) in [6, 6.07) is 5.67. The third-order valence-electron chi connectivity index (χ3n) is 3.06. The van der Waals surface area contributed by atoms with Gasteiger partial charge < -0.3 is 9.64 Å². The highest BCUT2D eigenvalue weighted by molar-refractivity contribution is 5.90. The summed E-state index contributed by atoms with van der Waals surface area (Å²) < 4.78 is 5.33. The molecule has 0 radical (unpaired) electrons. The normalized spacial score (nSPS) is 9.72. The summed E-state index contributed by atoms with van der Waals surface area (Å²) in [5, 5.41) is 8.52. The minimum absolute atomic E-state index is 0.505. The zero-order valence-corrected chi connectivity index (χ0v) is 11.3. The number of hydrogen-bond acceptors (Lipinski definition) is 3. The number of methoxy groups -OCH3 is 1. The number of likely N-dealkylation sites (N-methyl/N-ethyl adjacent to an activating group) is 1. The van der Waals surface area contributed by atoms with Gasteiger partial charge in [0.1, 0.15) is 5.75 Å². The van der Waals surface area contributed by atoms with Crippen LogP contribution in [0.1, 0.15) is 16.7 Å². The molecule has 0 aromatic heterocycles. The minimum atomic E-state index is -0.516. The molecule has 0 saturated heterocycles. The van der Waals surface area contributed by atoms with Gasteiger partial charge in [-0.05, 0) is 43.0 Å². The van der Waals surface area contributed by atoms with E-state index in [1.807, 2.05) is 19.9 Å². The van der Waals surface area contributed by atoms with Crippen molar-refractivity contribution in [2.75, 3.05) is 20.7 Å². The van der Waals surface area contributed by atoms with Crippen LogP contribution in [0.3, 0.4) is 0 Å². The lowest BCUT2D eigenvalue weighted by Crippen LogP contribution is -2.27. The number of ether oxygens (including phenoxy) is 1. The Morgan fingerprint density at radius 1 is 1.39 bits per heavy atom. The van der Waals surface area contributed by atoms with Crippen LogP contribution in [0, 0.1) is 25.2 Å². The summed E-state index contributed by atoms with van der Waals surface area (Å²) in [6.45, 7) is 4.58. The van der Waals surface area contributed by atoms with Crippen molar-refractivity contribution >= 4 is 5.91 Å². The molecule has 1 rings (SSSR count). The van der Waals surface area contributed by atoms with Gasteiger partial charge in [0.25, 0.3) is 0 Å². The predicted octanol–water partition coefficient (Wildman–Crippen LogP) is 1.84. The second kappa shape index (κ2) is 6.06. The van der Waals surface area contributed by atoms with Crippen LogP contribution in [0.25, 0.3) is 0 Å². The summed E-state index contributed by atoms with van der Waals surface area (Å²) in [5.41, 5.74) is 3.43. The zero-order valence-electron chi connectivity index (χ0n) is 11.3. The number of carbonyl (C=O) groups is 1. The third-order valence-corrected chi connectivity index (χ3v) is 3.06. The molecule has 0 bridgehead atoms. The van der Waals surface area contributed by atoms with E-state index < -0.39 is 5.91 Å². The van der Waals surface area contributed by atoms with E-state index >= 15 is 0 Å². The monoisotopic (exact) mass is 246 g/mol. The maximum atomic E-state index is 11.1. The lowest BCUT2D eigenvalue weighted by Gasteiger charge is -2.16. The molecule has 1 aromatic rings. The Kier molecular flexibility index (Phi) is 4.73. The van der Waals surface area contributed by atoms with Crippen LogP contribution in [0.5, 0.6) is 5.75 Å². The second-order valence-corrected chi connectivity index (χ2v) is 4.34. The fourth-order valence-corrected chi connectivity index (χ4v) is 1.71. The number of carbonyl (C=O) groups excluding carboxylic acids is 1. The van der Waals surface area contributed by atoms with Gasteiger partial charge in [-0.15, -0.1) is 0 Å². The first-order valence-electron chi connectivity index (χ1n) is 5.79. The molecule has 1 aromatic carbocycles. The maximum absolute atomic E-state index is 11.1. The SMILES string of the molecule is COc1cc(C)c(C)cc1CCN(C)C(=O)C#N. The lowest BCUT2D eigenvalue weighted by atomic mass is 10.0. The second-order valence-electron chi connectivity index (χ2n) is 4.34. The highest BCUT2D eigenvalue weighted by atomic mass is 16.5. The molecule has 0 aliphatic carbocycles. The molecule has 0 spiro atoms. The molecule has 4 heteroatoms. The number of nitriles is 1. The molecular formula is C14H18N2O2. The van der Waals surface area contributed by atoms with Crippen LogP contribution >= 0.6 is 0 Å². The summed E-state index contributed by atoms with van der Waals surface area (Å²) in [4.78, 5) is 12.6. The predicted molar refractivity (Wildman–Crippen MR) is 69.4 cm³/mol. The molecular weight excluding hydrogens is 228 g/mol. The van der Waals surface area contributed by atoms with E-state index in [0.717, 1.165) is 11.3 Å². The van der Waals surface area contributed by atoms with Gasteiger partial charge in [0.15, 0.2) is 6.07 Å². The van der Waals surface area contributed by atoms with Crippen LogP contribution in [0.4, 0.5) is 0 Å². The number of hydrogen-bond donors (Lipinski definition) is 0. The Bertz CT molecular complexity index is 489. The highest BCUT2D eigenvalue weighted by Gasteiger charge is 2.10. The molecule has 0 unspecified atom stereocenters. The fraction of sp³-hybridized carbons (Fsp3) is 0.429. The van der Waals surface area contributed by atoms with Gasteiger partial charge >= 0.3 is 5.91 Å². The van der Waals surface area contributed by atoms with Gasteiger partial charge in [-0.2, -0.15) is 5.26 Å². The van der Waals surface area contributed by atoms with Crippen molar-refractivity contribution in [2.45, 2.75) is 20.3 Å². The summed E-state index contributed by atoms with van der Waals surface area (Å²) in [5.74, 6) is 0.314. The van der Waals surface area contributed by atoms with Gasteiger partial charge in [-0.3, -0.25) is 4.79 Å². The van der Waals surface area contributed by atoms with E-state index in [-0.39, 0.29) is 0 Å². The zero-order chi connectivity index (χ0) is 13.7. The van der Waals surface area contributed by atoms with Crippen molar-refractivity contribution in [2.24, 2.45) is 0 Å². The third kappa shape index (κ3) is 3.24. The Balaban J connectivity index is 2.82. The number of amides is 1. The van der Waals surface area contributed by atoms with Crippen LogP contribution in [0.15, 0.2) is 12.1 Å². The molecule has 0 saturated carbocycles. The van der Waals surface area contributed by atoms with E-state index in [4.69, 9.17) is 10.00 Å². The average molecular weight is 246 g/mol. The Hall–Kier alpha value is -2.02. The fourth-order valence-electron chi connectivity index (χ4n) is 1.71. The first kappa shape index (κ1) is 14.0. The van der Waals surface area contributed by atoms with Crippen LogP contribution in [-0.2, 0) is 11.2 Å². The Morgan fingerprint density at radius 3 is 2.56 bits per heavy atom. The van der Waals surface area contributed by atoms with E-state index in [1.165, 1.54) is 16.0 Å². The van der Waals surface area contributed by atoms with E-state index in [2.05, 4.69) is 6.07 Å². The lowest BCUT2D eigenvalue weighted by molar-refractivity contribution is -0.124.